The van der Waals surface area contributed by atoms with E-state index in [4.69, 9.17) is 4.43 Å². The van der Waals surface area contributed by atoms with Crippen LogP contribution < -0.4 is 5.32 Å². The molecule has 1 amide bonds. The monoisotopic (exact) mass is 416 g/mol. The van der Waals surface area contributed by atoms with Gasteiger partial charge >= 0.3 is 0 Å². The summed E-state index contributed by atoms with van der Waals surface area (Å²) in [6.07, 6.45) is 6.12. The molecule has 2 heterocycles. The number of benzene rings is 1. The molecule has 0 saturated carbocycles. The number of amides is 1. The minimum absolute atomic E-state index is 0.199. The zero-order valence-electron chi connectivity index (χ0n) is 19.0. The maximum absolute atomic E-state index is 12.5. The molecule has 2 unspecified atom stereocenters. The Morgan fingerprint density at radius 3 is 2.34 bits per heavy atom. The molecule has 2 saturated heterocycles. The zero-order chi connectivity index (χ0) is 21.1. The maximum Gasteiger partial charge on any atom is 0.220 e. The van der Waals surface area contributed by atoms with Crippen LogP contribution in [0.1, 0.15) is 64.9 Å². The fourth-order valence-corrected chi connectivity index (χ4v) is 5.61. The van der Waals surface area contributed by atoms with Crippen molar-refractivity contribution in [2.75, 3.05) is 6.61 Å². The summed E-state index contributed by atoms with van der Waals surface area (Å²) >= 11 is 0. The second-order valence-corrected chi connectivity index (χ2v) is 15.3. The largest absolute Gasteiger partial charge is 0.417 e. The van der Waals surface area contributed by atoms with Gasteiger partial charge in [-0.2, -0.15) is 0 Å². The summed E-state index contributed by atoms with van der Waals surface area (Å²) in [6.45, 7) is 13.0. The van der Waals surface area contributed by atoms with Crippen LogP contribution in [0, 0.1) is 0 Å². The molecule has 5 heteroatoms. The Bertz CT molecular complexity index is 657. The summed E-state index contributed by atoms with van der Waals surface area (Å²) < 4.78 is 6.20. The fourth-order valence-electron chi connectivity index (χ4n) is 4.52. The third-order valence-electron chi connectivity index (χ3n) is 7.27. The van der Waals surface area contributed by atoms with Crippen molar-refractivity contribution in [1.29, 1.82) is 0 Å². The van der Waals surface area contributed by atoms with E-state index in [2.05, 4.69) is 74.4 Å². The van der Waals surface area contributed by atoms with Crippen LogP contribution in [0.4, 0.5) is 0 Å². The minimum Gasteiger partial charge on any atom is -0.417 e. The molecule has 2 aliphatic rings. The van der Waals surface area contributed by atoms with E-state index in [-0.39, 0.29) is 10.9 Å². The Hall–Kier alpha value is -1.17. The number of piperidine rings is 1. The smallest absolute Gasteiger partial charge is 0.220 e. The van der Waals surface area contributed by atoms with Crippen molar-refractivity contribution in [1.82, 2.24) is 10.2 Å². The summed E-state index contributed by atoms with van der Waals surface area (Å²) in [4.78, 5) is 15.1. The Kier molecular flexibility index (Phi) is 7.23. The Morgan fingerprint density at radius 1 is 1.14 bits per heavy atom. The van der Waals surface area contributed by atoms with Gasteiger partial charge in [0.05, 0.1) is 0 Å². The van der Waals surface area contributed by atoms with Crippen LogP contribution in [0.5, 0.6) is 0 Å². The molecule has 2 fully saturated rings. The summed E-state index contributed by atoms with van der Waals surface area (Å²) in [5, 5.41) is 3.55. The van der Waals surface area contributed by atoms with Crippen molar-refractivity contribution >= 4 is 14.2 Å². The number of rotatable bonds is 8. The van der Waals surface area contributed by atoms with Gasteiger partial charge in [-0.05, 0) is 55.8 Å². The third-order valence-corrected chi connectivity index (χ3v) is 11.8. The molecule has 2 bridgehead atoms. The lowest BCUT2D eigenvalue weighted by atomic mass is 9.96. The molecule has 1 aromatic rings. The van der Waals surface area contributed by atoms with Crippen LogP contribution in [0.3, 0.4) is 0 Å². The average molecular weight is 417 g/mol. The van der Waals surface area contributed by atoms with Gasteiger partial charge in [0.2, 0.25) is 5.91 Å². The molecule has 4 nitrogen and oxygen atoms in total. The van der Waals surface area contributed by atoms with E-state index in [9.17, 15) is 4.79 Å². The van der Waals surface area contributed by atoms with Gasteiger partial charge in [0.15, 0.2) is 8.32 Å². The van der Waals surface area contributed by atoms with Crippen LogP contribution in [0.15, 0.2) is 30.3 Å². The molecule has 1 N–H and O–H groups in total. The molecule has 3 rings (SSSR count). The molecule has 29 heavy (non-hydrogen) atoms. The minimum atomic E-state index is -1.71. The van der Waals surface area contributed by atoms with Crippen molar-refractivity contribution in [3.05, 3.63) is 35.9 Å². The van der Waals surface area contributed by atoms with E-state index in [0.29, 0.717) is 31.2 Å². The van der Waals surface area contributed by atoms with Crippen molar-refractivity contribution in [3.63, 3.8) is 0 Å². The molecule has 0 spiro atoms. The highest BCUT2D eigenvalue weighted by Gasteiger charge is 2.41. The third kappa shape index (κ3) is 5.93. The van der Waals surface area contributed by atoms with Crippen LogP contribution >= 0.6 is 0 Å². The topological polar surface area (TPSA) is 41.6 Å². The van der Waals surface area contributed by atoms with Crippen molar-refractivity contribution < 1.29 is 9.22 Å². The number of fused-ring (bicyclic) bond motifs is 2. The molecular weight excluding hydrogens is 376 g/mol. The number of nitrogens with one attached hydrogen (secondary N) is 1. The Balaban J connectivity index is 1.39. The zero-order valence-corrected chi connectivity index (χ0v) is 20.0. The van der Waals surface area contributed by atoms with Crippen molar-refractivity contribution in [2.24, 2.45) is 0 Å². The highest BCUT2D eigenvalue weighted by molar-refractivity contribution is 6.74. The van der Waals surface area contributed by atoms with Crippen molar-refractivity contribution in [3.8, 4) is 0 Å². The normalized spacial score (nSPS) is 25.2. The van der Waals surface area contributed by atoms with Crippen LogP contribution in [-0.4, -0.2) is 43.9 Å². The molecule has 2 aliphatic heterocycles. The number of nitrogens with zero attached hydrogens (tertiary/aromatic N) is 1. The van der Waals surface area contributed by atoms with Gasteiger partial charge in [-0.15, -0.1) is 0 Å². The van der Waals surface area contributed by atoms with Crippen LogP contribution in [0.25, 0.3) is 0 Å². The average Bonchev–Trinajstić information content (AvgIpc) is 2.87. The number of carbonyl (C=O) groups is 1. The highest BCUT2D eigenvalue weighted by atomic mass is 28.4. The van der Waals surface area contributed by atoms with E-state index in [1.54, 1.807) is 0 Å². The number of hydrogen-bond acceptors (Lipinski definition) is 3. The van der Waals surface area contributed by atoms with Crippen molar-refractivity contribution in [2.45, 2.75) is 102 Å². The SMILES string of the molecule is CC(C)(C)[Si](C)(C)OCCCC(=O)NC1CC2CCC(C1)N2Cc1ccccc1. The second kappa shape index (κ2) is 9.32. The van der Waals surface area contributed by atoms with Gasteiger partial charge in [0.25, 0.3) is 0 Å². The van der Waals surface area contributed by atoms with Gasteiger partial charge in [0, 0.05) is 37.7 Å². The quantitative estimate of drug-likeness (QED) is 0.473. The summed E-state index contributed by atoms with van der Waals surface area (Å²) in [5.41, 5.74) is 1.40. The number of hydrogen-bond donors (Lipinski definition) is 1. The lowest BCUT2D eigenvalue weighted by molar-refractivity contribution is -0.122. The predicted octanol–water partition coefficient (Wildman–Crippen LogP) is 5.10. The predicted molar refractivity (Wildman–Crippen MR) is 122 cm³/mol. The first kappa shape index (κ1) is 22.5. The van der Waals surface area contributed by atoms with Gasteiger partial charge in [-0.3, -0.25) is 9.69 Å². The first-order valence-corrected chi connectivity index (χ1v) is 14.3. The molecule has 162 valence electrons. The molecule has 0 radical (unpaired) electrons. The van der Waals surface area contributed by atoms with Crippen LogP contribution in [0.2, 0.25) is 18.1 Å². The van der Waals surface area contributed by atoms with Gasteiger partial charge in [0.1, 0.15) is 0 Å². The van der Waals surface area contributed by atoms with E-state index >= 15 is 0 Å². The molecular formula is C24H40N2O2Si. The van der Waals surface area contributed by atoms with Gasteiger partial charge in [-0.1, -0.05) is 51.1 Å². The van der Waals surface area contributed by atoms with Crippen LogP contribution in [-0.2, 0) is 15.8 Å². The standard InChI is InChI=1S/C24H40N2O2Si/c1-24(2,3)29(4,5)28-15-9-12-23(27)25-20-16-21-13-14-22(17-20)26(21)18-19-10-7-6-8-11-19/h6-8,10-11,20-22H,9,12-18H2,1-5H3,(H,25,27). The summed E-state index contributed by atoms with van der Waals surface area (Å²) in [7, 11) is -1.71. The highest BCUT2D eigenvalue weighted by Crippen LogP contribution is 2.37. The van der Waals surface area contributed by atoms with E-state index in [1.165, 1.54) is 18.4 Å². The van der Waals surface area contributed by atoms with Gasteiger partial charge < -0.3 is 9.74 Å². The Labute approximate surface area is 178 Å². The van der Waals surface area contributed by atoms with E-state index < -0.39 is 8.32 Å². The molecule has 1 aromatic carbocycles. The molecule has 0 aliphatic carbocycles. The second-order valence-electron chi connectivity index (χ2n) is 10.5. The lowest BCUT2D eigenvalue weighted by Crippen LogP contribution is -2.50. The molecule has 0 aromatic heterocycles. The summed E-state index contributed by atoms with van der Waals surface area (Å²) in [6, 6.07) is 12.3. The summed E-state index contributed by atoms with van der Waals surface area (Å²) in [5.74, 6) is 0.199. The first-order chi connectivity index (χ1) is 13.7. The Morgan fingerprint density at radius 2 is 1.76 bits per heavy atom. The van der Waals surface area contributed by atoms with E-state index in [1.807, 2.05) is 0 Å². The fraction of sp³-hybridized carbons (Fsp3) is 0.708. The molecule has 2 atom stereocenters. The van der Waals surface area contributed by atoms with E-state index in [0.717, 1.165) is 25.8 Å². The lowest BCUT2D eigenvalue weighted by Gasteiger charge is -2.39. The maximum atomic E-state index is 12.5. The van der Waals surface area contributed by atoms with Gasteiger partial charge in [-0.25, -0.2) is 0 Å². The first-order valence-electron chi connectivity index (χ1n) is 11.4. The number of carbonyl (C=O) groups excluding carboxylic acids is 1.